The Kier molecular flexibility index (Phi) is 8.91. The van der Waals surface area contributed by atoms with E-state index in [4.69, 9.17) is 24.1 Å². The van der Waals surface area contributed by atoms with Crippen LogP contribution in [0.3, 0.4) is 0 Å². The first-order chi connectivity index (χ1) is 19.4. The minimum atomic E-state index is -0.979. The fourth-order valence-electron chi connectivity index (χ4n) is 7.36. The molecular formula is C33H40O7. The number of aromatic carboxylic acids is 1. The highest BCUT2D eigenvalue weighted by Gasteiger charge is 2.52. The lowest BCUT2D eigenvalue weighted by molar-refractivity contribution is -0.0190. The summed E-state index contributed by atoms with van der Waals surface area (Å²) in [6.07, 6.45) is 11.4. The van der Waals surface area contributed by atoms with Crippen LogP contribution in [-0.2, 0) is 14.9 Å². The quantitative estimate of drug-likeness (QED) is 0.124. The maximum atomic E-state index is 13.7. The molecule has 0 unspecified atom stereocenters. The Labute approximate surface area is 236 Å². The third-order valence-electron chi connectivity index (χ3n) is 8.73. The van der Waals surface area contributed by atoms with E-state index in [1.165, 1.54) is 31.4 Å². The van der Waals surface area contributed by atoms with Crippen LogP contribution in [0.1, 0.15) is 83.7 Å². The predicted octanol–water partition coefficient (Wildman–Crippen LogP) is 6.54. The van der Waals surface area contributed by atoms with E-state index in [-0.39, 0.29) is 23.6 Å². The van der Waals surface area contributed by atoms with Gasteiger partial charge in [0.15, 0.2) is 12.6 Å². The summed E-state index contributed by atoms with van der Waals surface area (Å²) < 4.78 is 23.1. The minimum absolute atomic E-state index is 0.00526. The fraction of sp³-hybridized carbons (Fsp3) is 0.515. The average molecular weight is 549 g/mol. The first-order valence-electron chi connectivity index (χ1n) is 14.5. The zero-order valence-electron chi connectivity index (χ0n) is 23.5. The van der Waals surface area contributed by atoms with Crippen LogP contribution in [0.4, 0.5) is 0 Å². The van der Waals surface area contributed by atoms with Gasteiger partial charge in [0, 0.05) is 18.7 Å². The molecule has 4 aliphatic rings. The smallest absolute Gasteiger partial charge is 0.335 e. The summed E-state index contributed by atoms with van der Waals surface area (Å²) in [5, 5.41) is 9.16. The number of benzene rings is 2. The Bertz CT molecular complexity index is 1190. The Morgan fingerprint density at radius 1 is 0.925 bits per heavy atom. The van der Waals surface area contributed by atoms with E-state index >= 15 is 0 Å². The second kappa shape index (κ2) is 12.6. The van der Waals surface area contributed by atoms with Gasteiger partial charge in [0.05, 0.1) is 30.9 Å². The summed E-state index contributed by atoms with van der Waals surface area (Å²) in [5.41, 5.74) is 2.61. The van der Waals surface area contributed by atoms with Crippen LogP contribution in [0.25, 0.3) is 6.08 Å². The van der Waals surface area contributed by atoms with E-state index in [1.54, 1.807) is 31.4 Å². The van der Waals surface area contributed by atoms with Gasteiger partial charge < -0.3 is 24.1 Å². The van der Waals surface area contributed by atoms with Crippen molar-refractivity contribution < 1.29 is 33.6 Å². The van der Waals surface area contributed by atoms with Crippen molar-refractivity contribution in [3.05, 3.63) is 64.7 Å². The van der Waals surface area contributed by atoms with Crippen molar-refractivity contribution in [2.45, 2.75) is 57.3 Å². The van der Waals surface area contributed by atoms with Gasteiger partial charge in [-0.15, -0.1) is 0 Å². The Hall–Kier alpha value is -3.16. The Morgan fingerprint density at radius 3 is 2.20 bits per heavy atom. The van der Waals surface area contributed by atoms with Crippen molar-refractivity contribution >= 4 is 17.8 Å². The number of carboxylic acid groups (broad SMARTS) is 1. The number of rotatable bonds is 14. The summed E-state index contributed by atoms with van der Waals surface area (Å²) in [6, 6.07) is 10.4. The number of carboxylic acids is 1. The van der Waals surface area contributed by atoms with E-state index in [2.05, 4.69) is 0 Å². The molecule has 2 aromatic rings. The van der Waals surface area contributed by atoms with Gasteiger partial charge in [-0.2, -0.15) is 0 Å². The normalized spacial score (nSPS) is 24.9. The predicted molar refractivity (Wildman–Crippen MR) is 152 cm³/mol. The van der Waals surface area contributed by atoms with E-state index in [9.17, 15) is 9.59 Å². The molecule has 0 saturated heterocycles. The molecule has 2 aromatic carbocycles. The molecule has 7 heteroatoms. The number of carbonyl (C=O) groups is 2. The molecule has 1 N–H and O–H groups in total. The number of hydrogen-bond acceptors (Lipinski definition) is 6. The highest BCUT2D eigenvalue weighted by molar-refractivity contribution is 6.09. The van der Waals surface area contributed by atoms with Gasteiger partial charge in [0.25, 0.3) is 0 Å². The van der Waals surface area contributed by atoms with Gasteiger partial charge in [-0.3, -0.25) is 4.79 Å². The second-order valence-corrected chi connectivity index (χ2v) is 11.7. The van der Waals surface area contributed by atoms with E-state index in [1.807, 2.05) is 19.1 Å². The van der Waals surface area contributed by atoms with Crippen LogP contribution in [0.5, 0.6) is 11.5 Å². The molecule has 6 rings (SSSR count). The van der Waals surface area contributed by atoms with E-state index in [0.717, 1.165) is 60.3 Å². The molecule has 0 amide bonds. The zero-order chi connectivity index (χ0) is 28.1. The molecule has 0 aliphatic heterocycles. The summed E-state index contributed by atoms with van der Waals surface area (Å²) >= 11 is 0. The largest absolute Gasteiger partial charge is 0.493 e. The molecule has 0 atom stereocenters. The van der Waals surface area contributed by atoms with Gasteiger partial charge in [-0.25, -0.2) is 4.79 Å². The number of carbonyl (C=O) groups excluding carboxylic acids is 1. The van der Waals surface area contributed by atoms with Crippen molar-refractivity contribution in [2.75, 3.05) is 33.7 Å². The highest BCUT2D eigenvalue weighted by Crippen LogP contribution is 2.62. The molecule has 4 bridgehead atoms. The molecule has 4 fully saturated rings. The first-order valence-corrected chi connectivity index (χ1v) is 14.5. The molecule has 4 aliphatic carbocycles. The molecule has 214 valence electrons. The molecule has 0 aromatic heterocycles. The van der Waals surface area contributed by atoms with Crippen LogP contribution >= 0.6 is 0 Å². The molecule has 0 spiro atoms. The topological polar surface area (TPSA) is 91.3 Å². The summed E-state index contributed by atoms with van der Waals surface area (Å²) in [6.45, 7) is 3.57. The lowest BCUT2D eigenvalue weighted by Gasteiger charge is -2.57. The number of methoxy groups -OCH3 is 1. The van der Waals surface area contributed by atoms with Crippen LogP contribution < -0.4 is 9.47 Å². The molecular weight excluding hydrogens is 508 g/mol. The van der Waals surface area contributed by atoms with Crippen molar-refractivity contribution in [3.63, 3.8) is 0 Å². The van der Waals surface area contributed by atoms with E-state index < -0.39 is 5.97 Å². The van der Waals surface area contributed by atoms with Crippen molar-refractivity contribution in [3.8, 4) is 11.5 Å². The average Bonchev–Trinajstić information content (AvgIpc) is 2.94. The standard InChI is InChI=1S/C33H40O7/c1-3-10-39-30-17-31(40-21-38-12-11-37-2)28(33-18-23-13-24(19-33)15-25(14-23)20-33)16-27(30)29(34)9-6-22-4-7-26(8-5-22)32(35)36/h4-9,16-17,23-25H,3,10-15,18-21H2,1-2H3,(H,35,36)/b9-6+. The van der Waals surface area contributed by atoms with Gasteiger partial charge >= 0.3 is 5.97 Å². The second-order valence-electron chi connectivity index (χ2n) is 11.7. The van der Waals surface area contributed by atoms with Gasteiger partial charge in [-0.05, 0) is 98.0 Å². The SMILES string of the molecule is CCCOc1cc(OCOCCOC)c(C23CC4CC(CC(C4)C2)C3)cc1C(=O)/C=C/c1ccc(C(=O)O)cc1. The highest BCUT2D eigenvalue weighted by atomic mass is 16.7. The van der Waals surface area contributed by atoms with Crippen LogP contribution in [0.2, 0.25) is 0 Å². The molecule has 4 saturated carbocycles. The molecule has 7 nitrogen and oxygen atoms in total. The third kappa shape index (κ3) is 6.26. The summed E-state index contributed by atoms with van der Waals surface area (Å²) in [7, 11) is 1.64. The van der Waals surface area contributed by atoms with E-state index in [0.29, 0.717) is 31.1 Å². The fourth-order valence-corrected chi connectivity index (χ4v) is 7.36. The zero-order valence-corrected chi connectivity index (χ0v) is 23.5. The lowest BCUT2D eigenvalue weighted by atomic mass is 9.48. The van der Waals surface area contributed by atoms with Crippen molar-refractivity contribution in [1.82, 2.24) is 0 Å². The number of ether oxygens (including phenoxy) is 4. The minimum Gasteiger partial charge on any atom is -0.493 e. The monoisotopic (exact) mass is 548 g/mol. The van der Waals surface area contributed by atoms with Crippen LogP contribution in [-0.4, -0.2) is 50.6 Å². The van der Waals surface area contributed by atoms with Crippen LogP contribution in [0, 0.1) is 17.8 Å². The van der Waals surface area contributed by atoms with Gasteiger partial charge in [-0.1, -0.05) is 25.1 Å². The number of ketones is 1. The molecule has 40 heavy (non-hydrogen) atoms. The van der Waals surface area contributed by atoms with Gasteiger partial charge in [0.1, 0.15) is 11.5 Å². The summed E-state index contributed by atoms with van der Waals surface area (Å²) in [4.78, 5) is 24.8. The number of hydrogen-bond donors (Lipinski definition) is 1. The molecule has 0 heterocycles. The molecule has 0 radical (unpaired) electrons. The third-order valence-corrected chi connectivity index (χ3v) is 8.73. The lowest BCUT2D eigenvalue weighted by Crippen LogP contribution is -2.48. The Morgan fingerprint density at radius 2 is 1.60 bits per heavy atom. The maximum absolute atomic E-state index is 13.7. The van der Waals surface area contributed by atoms with Crippen LogP contribution in [0.15, 0.2) is 42.5 Å². The summed E-state index contributed by atoms with van der Waals surface area (Å²) in [5.74, 6) is 2.34. The van der Waals surface area contributed by atoms with Gasteiger partial charge in [0.2, 0.25) is 0 Å². The van der Waals surface area contributed by atoms with Crippen molar-refractivity contribution in [2.24, 2.45) is 17.8 Å². The number of allylic oxidation sites excluding steroid dienone is 1. The van der Waals surface area contributed by atoms with Crippen molar-refractivity contribution in [1.29, 1.82) is 0 Å². The first kappa shape index (κ1) is 28.4. The Balaban J connectivity index is 1.48. The maximum Gasteiger partial charge on any atom is 0.335 e.